The van der Waals surface area contributed by atoms with E-state index in [1.165, 1.54) is 11.6 Å². The summed E-state index contributed by atoms with van der Waals surface area (Å²) in [7, 11) is 6.37. The predicted octanol–water partition coefficient (Wildman–Crippen LogP) is 2.84. The Bertz CT molecular complexity index is 1480. The summed E-state index contributed by atoms with van der Waals surface area (Å²) in [4.78, 5) is 26.4. The Morgan fingerprint density at radius 2 is 1.70 bits per heavy atom. The molecule has 1 aliphatic heterocycles. The van der Waals surface area contributed by atoms with Crippen LogP contribution in [0.5, 0.6) is 11.5 Å². The van der Waals surface area contributed by atoms with Gasteiger partial charge in [-0.15, -0.1) is 0 Å². The Labute approximate surface area is 190 Å². The Kier molecular flexibility index (Phi) is 5.09. The molecule has 4 aromatic rings. The van der Waals surface area contributed by atoms with E-state index in [0.29, 0.717) is 35.6 Å². The molecule has 0 unspecified atom stereocenters. The van der Waals surface area contributed by atoms with Crippen molar-refractivity contribution in [2.75, 3.05) is 20.8 Å². The van der Waals surface area contributed by atoms with Gasteiger partial charge in [-0.25, -0.2) is 4.79 Å². The van der Waals surface area contributed by atoms with E-state index in [1.54, 1.807) is 21.3 Å². The number of benzene rings is 2. The molecular weight excluding hydrogens is 422 g/mol. The topological polar surface area (TPSA) is 76.6 Å². The summed E-state index contributed by atoms with van der Waals surface area (Å²) >= 11 is 0. The van der Waals surface area contributed by atoms with Gasteiger partial charge in [-0.3, -0.25) is 13.9 Å². The van der Waals surface area contributed by atoms with Gasteiger partial charge in [0, 0.05) is 26.2 Å². The van der Waals surface area contributed by atoms with E-state index in [1.807, 2.05) is 48.5 Å². The number of rotatable bonds is 4. The van der Waals surface area contributed by atoms with Crippen LogP contribution in [-0.4, -0.2) is 34.5 Å². The lowest BCUT2D eigenvalue weighted by Crippen LogP contribution is -2.37. The SMILES string of the molecule is COc1cccc([C@@H]2OCCn3c(-c4ccccc4)c4c(=O)n(C)c(=O)n(C)c4c32)c1OC. The molecule has 0 saturated carbocycles. The number of fused-ring (bicyclic) bond motifs is 3. The maximum Gasteiger partial charge on any atom is 0.331 e. The molecule has 8 nitrogen and oxygen atoms in total. The van der Waals surface area contributed by atoms with Crippen molar-refractivity contribution in [3.05, 3.63) is 80.6 Å². The second-order valence-corrected chi connectivity index (χ2v) is 8.01. The normalized spacial score (nSPS) is 15.5. The molecule has 0 saturated heterocycles. The molecule has 0 amide bonds. The quantitative estimate of drug-likeness (QED) is 0.481. The average Bonchev–Trinajstić information content (AvgIpc) is 3.21. The summed E-state index contributed by atoms with van der Waals surface area (Å²) in [6.45, 7) is 0.988. The van der Waals surface area contributed by atoms with Crippen molar-refractivity contribution in [2.24, 2.45) is 14.1 Å². The van der Waals surface area contributed by atoms with Crippen LogP contribution in [0.3, 0.4) is 0 Å². The first-order chi connectivity index (χ1) is 16.0. The van der Waals surface area contributed by atoms with Crippen LogP contribution in [-0.2, 0) is 25.4 Å². The van der Waals surface area contributed by atoms with Crippen molar-refractivity contribution in [2.45, 2.75) is 12.6 Å². The third-order valence-electron chi connectivity index (χ3n) is 6.32. The molecule has 170 valence electrons. The van der Waals surface area contributed by atoms with Gasteiger partial charge in [0.15, 0.2) is 11.5 Å². The van der Waals surface area contributed by atoms with E-state index in [2.05, 4.69) is 4.57 Å². The van der Waals surface area contributed by atoms with E-state index in [4.69, 9.17) is 14.2 Å². The third-order valence-corrected chi connectivity index (χ3v) is 6.32. The van der Waals surface area contributed by atoms with E-state index in [-0.39, 0.29) is 11.2 Å². The number of aromatic nitrogens is 3. The summed E-state index contributed by atoms with van der Waals surface area (Å²) in [6, 6.07) is 15.4. The lowest BCUT2D eigenvalue weighted by Gasteiger charge is -2.29. The van der Waals surface area contributed by atoms with Crippen molar-refractivity contribution >= 4 is 10.9 Å². The zero-order valence-electron chi connectivity index (χ0n) is 19.0. The first-order valence-electron chi connectivity index (χ1n) is 10.7. The second kappa shape index (κ2) is 7.97. The molecule has 5 rings (SSSR count). The Morgan fingerprint density at radius 1 is 0.939 bits per heavy atom. The molecule has 0 fully saturated rings. The Balaban J connectivity index is 1.94. The van der Waals surface area contributed by atoms with Crippen LogP contribution in [0.4, 0.5) is 0 Å². The van der Waals surface area contributed by atoms with Crippen LogP contribution in [0, 0.1) is 0 Å². The molecule has 0 bridgehead atoms. The van der Waals surface area contributed by atoms with Crippen molar-refractivity contribution < 1.29 is 14.2 Å². The summed E-state index contributed by atoms with van der Waals surface area (Å²) in [5.74, 6) is 1.14. The van der Waals surface area contributed by atoms with Crippen molar-refractivity contribution in [1.82, 2.24) is 13.7 Å². The molecular formula is C25H25N3O5. The second-order valence-electron chi connectivity index (χ2n) is 8.01. The van der Waals surface area contributed by atoms with Gasteiger partial charge in [0.05, 0.1) is 43.1 Å². The zero-order chi connectivity index (χ0) is 23.3. The summed E-state index contributed by atoms with van der Waals surface area (Å²) < 4.78 is 22.3. The van der Waals surface area contributed by atoms with Crippen LogP contribution >= 0.6 is 0 Å². The van der Waals surface area contributed by atoms with E-state index < -0.39 is 6.10 Å². The largest absolute Gasteiger partial charge is 0.493 e. The van der Waals surface area contributed by atoms with Gasteiger partial charge < -0.3 is 18.8 Å². The minimum atomic E-state index is -0.554. The highest BCUT2D eigenvalue weighted by molar-refractivity contribution is 5.96. The number of hydrogen-bond donors (Lipinski definition) is 0. The lowest BCUT2D eigenvalue weighted by molar-refractivity contribution is 0.0462. The van der Waals surface area contributed by atoms with Crippen molar-refractivity contribution in [3.8, 4) is 22.8 Å². The van der Waals surface area contributed by atoms with Crippen molar-refractivity contribution in [3.63, 3.8) is 0 Å². The molecule has 33 heavy (non-hydrogen) atoms. The van der Waals surface area contributed by atoms with Crippen molar-refractivity contribution in [1.29, 1.82) is 0 Å². The summed E-state index contributed by atoms with van der Waals surface area (Å²) in [6.07, 6.45) is -0.554. The van der Waals surface area contributed by atoms with Crippen LogP contribution in [0.15, 0.2) is 58.1 Å². The van der Waals surface area contributed by atoms with Crippen LogP contribution in [0.2, 0.25) is 0 Å². The van der Waals surface area contributed by atoms with Gasteiger partial charge in [0.1, 0.15) is 6.10 Å². The van der Waals surface area contributed by atoms with Gasteiger partial charge in [-0.1, -0.05) is 42.5 Å². The molecule has 1 aliphatic rings. The number of nitrogens with zero attached hydrogens (tertiary/aromatic N) is 3. The average molecular weight is 447 g/mol. The summed E-state index contributed by atoms with van der Waals surface area (Å²) in [5, 5.41) is 0.498. The van der Waals surface area contributed by atoms with E-state index >= 15 is 0 Å². The Hall–Kier alpha value is -3.78. The van der Waals surface area contributed by atoms with Gasteiger partial charge in [0.25, 0.3) is 5.56 Å². The van der Waals surface area contributed by atoms with E-state index in [0.717, 1.165) is 27.1 Å². The fourth-order valence-corrected chi connectivity index (χ4v) is 4.83. The number of methoxy groups -OCH3 is 2. The van der Waals surface area contributed by atoms with E-state index in [9.17, 15) is 9.59 Å². The molecule has 2 aromatic heterocycles. The highest BCUT2D eigenvalue weighted by Gasteiger charge is 2.34. The maximum absolute atomic E-state index is 13.4. The minimum absolute atomic E-state index is 0.329. The molecule has 8 heteroatoms. The van der Waals surface area contributed by atoms with Gasteiger partial charge >= 0.3 is 5.69 Å². The minimum Gasteiger partial charge on any atom is -0.493 e. The number of hydrogen-bond acceptors (Lipinski definition) is 5. The lowest BCUT2D eigenvalue weighted by atomic mass is 10.0. The monoisotopic (exact) mass is 447 g/mol. The smallest absolute Gasteiger partial charge is 0.331 e. The highest BCUT2D eigenvalue weighted by atomic mass is 16.5. The predicted molar refractivity (Wildman–Crippen MR) is 125 cm³/mol. The fourth-order valence-electron chi connectivity index (χ4n) is 4.83. The fraction of sp³-hybridized carbons (Fsp3) is 0.280. The molecule has 0 spiro atoms. The number of ether oxygens (including phenoxy) is 3. The zero-order valence-corrected chi connectivity index (χ0v) is 19.0. The van der Waals surface area contributed by atoms with Crippen LogP contribution < -0.4 is 20.7 Å². The molecule has 2 aromatic carbocycles. The maximum atomic E-state index is 13.4. The van der Waals surface area contributed by atoms with Gasteiger partial charge in [-0.05, 0) is 11.6 Å². The van der Waals surface area contributed by atoms with Crippen LogP contribution in [0.25, 0.3) is 22.2 Å². The standard InChI is InChI=1S/C25H25N3O5/c1-26-20-18(24(29)27(2)25(26)30)19(15-9-6-5-7-10-15)28-13-14-33-23(21(20)28)16-11-8-12-17(31-3)22(16)32-4/h5-12,23H,13-14H2,1-4H3/t23-/m0/s1. The third kappa shape index (κ3) is 3.01. The Morgan fingerprint density at radius 3 is 2.39 bits per heavy atom. The molecule has 3 heterocycles. The molecule has 0 aliphatic carbocycles. The van der Waals surface area contributed by atoms with Gasteiger partial charge in [0.2, 0.25) is 0 Å². The number of aryl methyl sites for hydroxylation is 1. The molecule has 0 radical (unpaired) electrons. The number of para-hydroxylation sites is 1. The van der Waals surface area contributed by atoms with Crippen LogP contribution in [0.1, 0.15) is 17.4 Å². The summed E-state index contributed by atoms with van der Waals surface area (Å²) in [5.41, 5.74) is 3.06. The highest BCUT2D eigenvalue weighted by Crippen LogP contribution is 2.44. The molecule has 1 atom stereocenters. The molecule has 0 N–H and O–H groups in total. The first-order valence-corrected chi connectivity index (χ1v) is 10.7. The van der Waals surface area contributed by atoms with Gasteiger partial charge in [-0.2, -0.15) is 0 Å². The first kappa shape index (κ1) is 21.1.